The molecule has 0 aromatic carbocycles. The maximum absolute atomic E-state index is 10.1. The van der Waals surface area contributed by atoms with Crippen LogP contribution in [0.4, 0.5) is 13.2 Å². The van der Waals surface area contributed by atoms with Crippen LogP contribution in [0.1, 0.15) is 0 Å². The van der Waals surface area contributed by atoms with Crippen molar-refractivity contribution in [2.24, 2.45) is 0 Å². The van der Waals surface area contributed by atoms with Crippen molar-refractivity contribution in [1.29, 1.82) is 0 Å². The van der Waals surface area contributed by atoms with Crippen molar-refractivity contribution in [2.45, 2.75) is 6.68 Å². The average molecular weight is 209 g/mol. The van der Waals surface area contributed by atoms with Crippen LogP contribution >= 0.6 is 0 Å². The van der Waals surface area contributed by atoms with Gasteiger partial charge in [0.25, 0.3) is 10.3 Å². The first-order valence-electron chi connectivity index (χ1n) is 2.68. The molecule has 0 spiro atoms. The van der Waals surface area contributed by atoms with Crippen molar-refractivity contribution in [2.75, 3.05) is 21.1 Å². The molecule has 0 aliphatic heterocycles. The fourth-order valence-electron chi connectivity index (χ4n) is 0. The highest BCUT2D eigenvalue weighted by atomic mass is 32.2. The van der Waals surface area contributed by atoms with Crippen LogP contribution in [0.2, 0.25) is 0 Å². The molecule has 8 heteroatoms. The first kappa shape index (κ1) is 14.2. The van der Waals surface area contributed by atoms with Crippen LogP contribution < -0.4 is 0 Å². The summed E-state index contributed by atoms with van der Waals surface area (Å²) in [6.45, 7) is -3.67. The lowest BCUT2D eigenvalue weighted by Crippen LogP contribution is -2.40. The molecule has 4 nitrogen and oxygen atoms in total. The minimum atomic E-state index is -4.15. The van der Waals surface area contributed by atoms with Gasteiger partial charge in [0.05, 0.1) is 21.1 Å². The molecule has 12 heavy (non-hydrogen) atoms. The number of rotatable bonds is 1. The smallest absolute Gasteiger partial charge is 0.379 e. The topological polar surface area (TPSA) is 57.2 Å². The van der Waals surface area contributed by atoms with Crippen molar-refractivity contribution in [3.8, 4) is 0 Å². The number of halogens is 3. The molecule has 0 aromatic rings. The second kappa shape index (κ2) is 4.63. The Hall–Kier alpha value is -0.340. The fourth-order valence-corrected chi connectivity index (χ4v) is 0. The Labute approximate surface area is 69.1 Å². The van der Waals surface area contributed by atoms with E-state index in [-0.39, 0.29) is 0 Å². The molecule has 0 atom stereocenters. The third kappa shape index (κ3) is 9.66. The zero-order chi connectivity index (χ0) is 10.6. The van der Waals surface area contributed by atoms with Gasteiger partial charge >= 0.3 is 6.68 Å². The van der Waals surface area contributed by atoms with Crippen LogP contribution in [0, 0.1) is 0 Å². The van der Waals surface area contributed by atoms with E-state index < -0.39 is 20.9 Å². The van der Waals surface area contributed by atoms with Gasteiger partial charge in [0, 0.05) is 0 Å². The summed E-state index contributed by atoms with van der Waals surface area (Å²) < 4.78 is 58.6. The lowest BCUT2D eigenvalue weighted by Gasteiger charge is -2.25. The molecule has 0 saturated carbocycles. The van der Waals surface area contributed by atoms with E-state index in [0.29, 0.717) is 0 Å². The minimum Gasteiger partial charge on any atom is -0.702 e. The van der Waals surface area contributed by atoms with Gasteiger partial charge in [-0.3, -0.25) is 0 Å². The lowest BCUT2D eigenvalue weighted by atomic mass is 11.0. The summed E-state index contributed by atoms with van der Waals surface area (Å²) in [5, 5.41) is 0. The molecule has 0 N–H and O–H groups in total. The van der Waals surface area contributed by atoms with E-state index >= 15 is 0 Å². The van der Waals surface area contributed by atoms with E-state index in [4.69, 9.17) is 0 Å². The summed E-state index contributed by atoms with van der Waals surface area (Å²) in [4.78, 5) is 0. The van der Waals surface area contributed by atoms with E-state index in [1.807, 2.05) is 0 Å². The van der Waals surface area contributed by atoms with Gasteiger partial charge in [-0.05, 0) is 0 Å². The Bertz CT molecular complexity index is 205. The zero-order valence-corrected chi connectivity index (χ0v) is 7.61. The van der Waals surface area contributed by atoms with Crippen molar-refractivity contribution in [3.63, 3.8) is 0 Å². The first-order chi connectivity index (χ1) is 4.98. The highest BCUT2D eigenvalue weighted by molar-refractivity contribution is 7.79. The molecule has 0 fully saturated rings. The van der Waals surface area contributed by atoms with E-state index in [2.05, 4.69) is 0 Å². The van der Waals surface area contributed by atoms with Gasteiger partial charge in [-0.1, -0.05) is 0 Å². The third-order valence-corrected chi connectivity index (χ3v) is 2.01. The quantitative estimate of drug-likeness (QED) is 0.462. The van der Waals surface area contributed by atoms with Gasteiger partial charge in [-0.15, -0.1) is 0 Å². The predicted molar refractivity (Wildman–Crippen MR) is 34.8 cm³/mol. The van der Waals surface area contributed by atoms with E-state index in [0.717, 1.165) is 0 Å². The summed E-state index contributed by atoms with van der Waals surface area (Å²) >= 11 is 0. The fraction of sp³-hybridized carbons (Fsp3) is 1.00. The van der Waals surface area contributed by atoms with Gasteiger partial charge in [0.1, 0.15) is 0 Å². The highest BCUT2D eigenvalue weighted by Crippen LogP contribution is 1.96. The Morgan fingerprint density at radius 3 is 1.25 bits per heavy atom. The number of alkyl halides is 3. The second-order valence-corrected chi connectivity index (χ2v) is 4.52. The van der Waals surface area contributed by atoms with E-state index in [1.54, 1.807) is 0 Å². The Kier molecular flexibility index (Phi) is 5.48. The van der Waals surface area contributed by atoms with E-state index in [9.17, 15) is 26.1 Å². The Morgan fingerprint density at radius 1 is 1.17 bits per heavy atom. The predicted octanol–water partition coefficient (Wildman–Crippen LogP) is 0.331. The van der Waals surface area contributed by atoms with Gasteiger partial charge in [-0.2, -0.15) is 21.6 Å². The number of hydrogen-bond acceptors (Lipinski definition) is 3. The van der Waals surface area contributed by atoms with Crippen LogP contribution in [-0.4, -0.2) is 44.7 Å². The van der Waals surface area contributed by atoms with Crippen molar-refractivity contribution in [1.82, 2.24) is 0 Å². The molecule has 0 bridgehead atoms. The summed E-state index contributed by atoms with van der Waals surface area (Å²) in [6, 6.07) is 0. The normalized spacial score (nSPS) is 12.3. The van der Waals surface area contributed by atoms with Crippen LogP contribution in [-0.2, 0) is 10.3 Å². The maximum atomic E-state index is 10.1. The van der Waals surface area contributed by atoms with Crippen LogP contribution in [0.5, 0.6) is 0 Å². The van der Waals surface area contributed by atoms with Crippen molar-refractivity contribution < 1.29 is 30.0 Å². The Morgan fingerprint density at radius 2 is 1.25 bits per heavy atom. The summed E-state index contributed by atoms with van der Waals surface area (Å²) in [6.07, 6.45) is 0. The summed E-state index contributed by atoms with van der Waals surface area (Å²) in [5.74, 6) is 0. The second-order valence-electron chi connectivity index (χ2n) is 2.56. The molecule has 0 heterocycles. The number of quaternary nitrogens is 1. The molecule has 0 amide bonds. The zero-order valence-electron chi connectivity index (χ0n) is 6.79. The number of hydrogen-bond donors (Lipinski definition) is 0. The molecular formula is C4H10F3NO3S. The van der Waals surface area contributed by atoms with Gasteiger partial charge in [0.15, 0.2) is 0 Å². The standard InChI is InChI=1S/C3H9NO3S.CHF3/c1-4(2,3)8(5,6)7;2-1(3)4/h1-3H3;1H. The number of nitrogens with zero attached hydrogens (tertiary/aromatic N) is 1. The van der Waals surface area contributed by atoms with E-state index in [1.165, 1.54) is 21.1 Å². The molecule has 76 valence electrons. The highest BCUT2D eigenvalue weighted by Gasteiger charge is 2.14. The van der Waals surface area contributed by atoms with Crippen LogP contribution in [0.15, 0.2) is 0 Å². The first-order valence-corrected chi connectivity index (χ1v) is 4.04. The largest absolute Gasteiger partial charge is 0.702 e. The molecule has 0 unspecified atom stereocenters. The van der Waals surface area contributed by atoms with Crippen LogP contribution in [0.25, 0.3) is 0 Å². The van der Waals surface area contributed by atoms with Crippen molar-refractivity contribution >= 4 is 10.3 Å². The SMILES string of the molecule is C[N+](C)(C)S(=O)(=O)[O-].FC(F)F. The lowest BCUT2D eigenvalue weighted by molar-refractivity contribution is -0.744. The van der Waals surface area contributed by atoms with Gasteiger partial charge in [0.2, 0.25) is 0 Å². The molecule has 0 aliphatic carbocycles. The van der Waals surface area contributed by atoms with Gasteiger partial charge < -0.3 is 4.55 Å². The Balaban J connectivity index is 0. The third-order valence-electron chi connectivity index (χ3n) is 0.671. The molecule has 0 aliphatic rings. The monoisotopic (exact) mass is 209 g/mol. The average Bonchev–Trinajstić information content (AvgIpc) is 1.55. The molecule has 0 rings (SSSR count). The molecule has 0 radical (unpaired) electrons. The molecular weight excluding hydrogens is 199 g/mol. The van der Waals surface area contributed by atoms with Gasteiger partial charge in [-0.25, -0.2) is 3.89 Å². The van der Waals surface area contributed by atoms with Crippen molar-refractivity contribution in [3.05, 3.63) is 0 Å². The summed E-state index contributed by atoms with van der Waals surface area (Å²) in [7, 11) is -0.229. The molecule has 0 saturated heterocycles. The summed E-state index contributed by atoms with van der Waals surface area (Å²) in [5.41, 5.74) is 0. The minimum absolute atomic E-state index is 0.562. The van der Waals surface area contributed by atoms with Crippen LogP contribution in [0.3, 0.4) is 0 Å². The maximum Gasteiger partial charge on any atom is 0.379 e. The molecule has 0 aromatic heterocycles.